The molecule has 2 aromatic rings. The van der Waals surface area contributed by atoms with Crippen LogP contribution >= 0.6 is 0 Å². The maximum atomic E-state index is 12.6. The number of nitrogens with one attached hydrogen (secondary N) is 1. The van der Waals surface area contributed by atoms with Gasteiger partial charge in [-0.1, -0.05) is 0 Å². The van der Waals surface area contributed by atoms with E-state index in [1.165, 1.54) is 25.5 Å². The van der Waals surface area contributed by atoms with Gasteiger partial charge in [0.15, 0.2) is 0 Å². The molecule has 0 bridgehead atoms. The minimum Gasteiger partial charge on any atom is -0.363 e. The zero-order valence-electron chi connectivity index (χ0n) is 15.4. The van der Waals surface area contributed by atoms with E-state index in [9.17, 15) is 8.42 Å². The van der Waals surface area contributed by atoms with Gasteiger partial charge in [0.05, 0.1) is 11.9 Å². The Labute approximate surface area is 155 Å². The summed E-state index contributed by atoms with van der Waals surface area (Å²) in [5, 5.41) is 0. The summed E-state index contributed by atoms with van der Waals surface area (Å²) in [7, 11) is 0.0136. The second-order valence-electron chi connectivity index (χ2n) is 6.76. The first-order chi connectivity index (χ1) is 12.4. The van der Waals surface area contributed by atoms with Crippen molar-refractivity contribution in [2.45, 2.75) is 31.1 Å². The molecule has 1 N–H and O–H groups in total. The number of aromatic nitrogens is 2. The molecule has 7 nitrogen and oxygen atoms in total. The number of aryl methyl sites for hydroxylation is 1. The Morgan fingerprint density at radius 1 is 1.08 bits per heavy atom. The van der Waals surface area contributed by atoms with E-state index >= 15 is 0 Å². The summed E-state index contributed by atoms with van der Waals surface area (Å²) in [6.45, 7) is 3.97. The van der Waals surface area contributed by atoms with E-state index in [0.29, 0.717) is 11.5 Å². The summed E-state index contributed by atoms with van der Waals surface area (Å²) in [5.41, 5.74) is 1.42. The number of piperidine rings is 1. The van der Waals surface area contributed by atoms with Gasteiger partial charge in [0.1, 0.15) is 16.5 Å². The molecule has 1 aliphatic heterocycles. The topological polar surface area (TPSA) is 78.4 Å². The van der Waals surface area contributed by atoms with Crippen molar-refractivity contribution < 1.29 is 8.42 Å². The molecule has 1 aliphatic rings. The van der Waals surface area contributed by atoms with Crippen molar-refractivity contribution in [1.82, 2.24) is 9.97 Å². The molecule has 0 saturated carbocycles. The van der Waals surface area contributed by atoms with Crippen LogP contribution in [-0.2, 0) is 10.0 Å². The summed E-state index contributed by atoms with van der Waals surface area (Å²) < 4.78 is 27.7. The minimum absolute atomic E-state index is 0.126. The molecule has 2 aromatic heterocycles. The Morgan fingerprint density at radius 2 is 1.81 bits per heavy atom. The SMILES string of the molecule is Cc1cc(NS(=O)(=O)c2ccc(N(C)C)nc2)cnc1N1CCCCC1. The van der Waals surface area contributed by atoms with Gasteiger partial charge in [-0.05, 0) is 49.9 Å². The Balaban J connectivity index is 1.78. The zero-order chi connectivity index (χ0) is 18.7. The van der Waals surface area contributed by atoms with E-state index in [4.69, 9.17) is 0 Å². The number of hydrogen-bond acceptors (Lipinski definition) is 6. The molecule has 1 fully saturated rings. The Kier molecular flexibility index (Phi) is 5.31. The smallest absolute Gasteiger partial charge is 0.263 e. The van der Waals surface area contributed by atoms with Gasteiger partial charge >= 0.3 is 0 Å². The molecule has 0 atom stereocenters. The van der Waals surface area contributed by atoms with Gasteiger partial charge in [0.25, 0.3) is 10.0 Å². The first-order valence-corrected chi connectivity index (χ1v) is 10.2. The highest BCUT2D eigenvalue weighted by Gasteiger charge is 2.18. The van der Waals surface area contributed by atoms with E-state index in [-0.39, 0.29) is 4.90 Å². The molecular formula is C18H25N5O2S. The number of sulfonamides is 1. The zero-order valence-corrected chi connectivity index (χ0v) is 16.3. The van der Waals surface area contributed by atoms with Crippen LogP contribution < -0.4 is 14.5 Å². The number of anilines is 3. The van der Waals surface area contributed by atoms with Gasteiger partial charge in [-0.2, -0.15) is 0 Å². The van der Waals surface area contributed by atoms with Gasteiger partial charge in [0.2, 0.25) is 0 Å². The molecule has 0 aromatic carbocycles. The van der Waals surface area contributed by atoms with Crippen LogP contribution in [0.15, 0.2) is 35.5 Å². The van der Waals surface area contributed by atoms with Crippen molar-refractivity contribution in [3.05, 3.63) is 36.2 Å². The van der Waals surface area contributed by atoms with Crippen LogP contribution in [0, 0.1) is 6.92 Å². The van der Waals surface area contributed by atoms with Crippen molar-refractivity contribution >= 4 is 27.3 Å². The molecule has 0 amide bonds. The Bertz CT molecular complexity index is 860. The van der Waals surface area contributed by atoms with Gasteiger partial charge < -0.3 is 9.80 Å². The van der Waals surface area contributed by atoms with E-state index in [2.05, 4.69) is 19.6 Å². The summed E-state index contributed by atoms with van der Waals surface area (Å²) in [4.78, 5) is 12.9. The third kappa shape index (κ3) is 4.07. The number of rotatable bonds is 5. The monoisotopic (exact) mass is 375 g/mol. The molecule has 0 radical (unpaired) electrons. The normalized spacial score (nSPS) is 15.0. The average Bonchev–Trinajstić information content (AvgIpc) is 2.62. The Hall–Kier alpha value is -2.35. The molecule has 0 aliphatic carbocycles. The second kappa shape index (κ2) is 7.49. The lowest BCUT2D eigenvalue weighted by molar-refractivity contribution is 0.572. The predicted octanol–water partition coefficient (Wildman–Crippen LogP) is 2.64. The largest absolute Gasteiger partial charge is 0.363 e. The van der Waals surface area contributed by atoms with Crippen LogP contribution in [-0.4, -0.2) is 45.6 Å². The first kappa shape index (κ1) is 18.4. The molecule has 3 heterocycles. The summed E-state index contributed by atoms with van der Waals surface area (Å²) in [5.74, 6) is 1.64. The quantitative estimate of drug-likeness (QED) is 0.866. The van der Waals surface area contributed by atoms with Crippen molar-refractivity contribution in [2.75, 3.05) is 41.7 Å². The molecule has 1 saturated heterocycles. The van der Waals surface area contributed by atoms with Crippen molar-refractivity contribution in [3.63, 3.8) is 0 Å². The van der Waals surface area contributed by atoms with Crippen LogP contribution in [0.3, 0.4) is 0 Å². The van der Waals surface area contributed by atoms with E-state index in [1.54, 1.807) is 18.3 Å². The molecule has 0 spiro atoms. The highest BCUT2D eigenvalue weighted by Crippen LogP contribution is 2.25. The Morgan fingerprint density at radius 3 is 2.38 bits per heavy atom. The standard InChI is InChI=1S/C18H25N5O2S/c1-14-11-15(12-20-18(14)23-9-5-4-6-10-23)21-26(24,25)16-7-8-17(19-13-16)22(2)3/h7-8,11-13,21H,4-6,9-10H2,1-3H3. The fourth-order valence-electron chi connectivity index (χ4n) is 3.07. The van der Waals surface area contributed by atoms with E-state index in [0.717, 1.165) is 24.5 Å². The lowest BCUT2D eigenvalue weighted by Gasteiger charge is -2.29. The van der Waals surface area contributed by atoms with Gasteiger partial charge in [-0.15, -0.1) is 0 Å². The first-order valence-electron chi connectivity index (χ1n) is 8.74. The fourth-order valence-corrected chi connectivity index (χ4v) is 4.05. The average molecular weight is 375 g/mol. The lowest BCUT2D eigenvalue weighted by atomic mass is 10.1. The number of pyridine rings is 2. The van der Waals surface area contributed by atoms with Gasteiger partial charge in [-0.25, -0.2) is 18.4 Å². The maximum Gasteiger partial charge on any atom is 0.263 e. The van der Waals surface area contributed by atoms with Crippen molar-refractivity contribution in [3.8, 4) is 0 Å². The second-order valence-corrected chi connectivity index (χ2v) is 8.45. The minimum atomic E-state index is -3.69. The van der Waals surface area contributed by atoms with E-state index < -0.39 is 10.0 Å². The van der Waals surface area contributed by atoms with E-state index in [1.807, 2.05) is 32.0 Å². The molecule has 3 rings (SSSR count). The fraction of sp³-hybridized carbons (Fsp3) is 0.444. The third-order valence-corrected chi connectivity index (χ3v) is 5.81. The van der Waals surface area contributed by atoms with Gasteiger partial charge in [-0.3, -0.25) is 4.72 Å². The highest BCUT2D eigenvalue weighted by atomic mass is 32.2. The van der Waals surface area contributed by atoms with Crippen LogP contribution in [0.2, 0.25) is 0 Å². The number of nitrogens with zero attached hydrogens (tertiary/aromatic N) is 4. The highest BCUT2D eigenvalue weighted by molar-refractivity contribution is 7.92. The summed E-state index contributed by atoms with van der Waals surface area (Å²) in [6, 6.07) is 5.06. The van der Waals surface area contributed by atoms with Crippen LogP contribution in [0.4, 0.5) is 17.3 Å². The number of hydrogen-bond donors (Lipinski definition) is 1. The van der Waals surface area contributed by atoms with Gasteiger partial charge in [0, 0.05) is 33.4 Å². The lowest BCUT2D eigenvalue weighted by Crippen LogP contribution is -2.30. The van der Waals surface area contributed by atoms with Crippen LogP contribution in [0.25, 0.3) is 0 Å². The van der Waals surface area contributed by atoms with Crippen molar-refractivity contribution in [2.24, 2.45) is 0 Å². The molecule has 8 heteroatoms. The molecular weight excluding hydrogens is 350 g/mol. The molecule has 0 unspecified atom stereocenters. The summed E-state index contributed by atoms with van der Waals surface area (Å²) in [6.07, 6.45) is 6.54. The van der Waals surface area contributed by atoms with Crippen LogP contribution in [0.5, 0.6) is 0 Å². The third-order valence-electron chi connectivity index (χ3n) is 4.45. The molecule has 140 valence electrons. The van der Waals surface area contributed by atoms with Crippen molar-refractivity contribution in [1.29, 1.82) is 0 Å². The molecule has 26 heavy (non-hydrogen) atoms. The predicted molar refractivity (Wildman–Crippen MR) is 104 cm³/mol. The summed E-state index contributed by atoms with van der Waals surface area (Å²) >= 11 is 0. The maximum absolute atomic E-state index is 12.6. The van der Waals surface area contributed by atoms with Crippen LogP contribution in [0.1, 0.15) is 24.8 Å².